The van der Waals surface area contributed by atoms with Gasteiger partial charge in [0.2, 0.25) is 5.82 Å². The number of hydrogen-bond acceptors (Lipinski definition) is 5. The van der Waals surface area contributed by atoms with E-state index in [1.54, 1.807) is 30.3 Å². The number of hydrogen-bond donors (Lipinski definition) is 2. The largest absolute Gasteiger partial charge is 0.399 e. The van der Waals surface area contributed by atoms with E-state index in [0.717, 1.165) is 0 Å². The first-order chi connectivity index (χ1) is 9.61. The third-order valence-corrected chi connectivity index (χ3v) is 2.73. The summed E-state index contributed by atoms with van der Waals surface area (Å²) in [6.07, 6.45) is 0. The molecule has 5 nitrogen and oxygen atoms in total. The quantitative estimate of drug-likeness (QED) is 0.698. The fourth-order valence-corrected chi connectivity index (χ4v) is 1.89. The zero-order valence-electron chi connectivity index (χ0n) is 10.4. The molecule has 0 radical (unpaired) electrons. The third-order valence-electron chi connectivity index (χ3n) is 2.73. The van der Waals surface area contributed by atoms with Gasteiger partial charge in [-0.15, -0.1) is 0 Å². The van der Waals surface area contributed by atoms with Gasteiger partial charge in [-0.25, -0.2) is 4.39 Å². The molecule has 1 aromatic heterocycles. The van der Waals surface area contributed by atoms with Crippen molar-refractivity contribution in [3.8, 4) is 22.8 Å². The molecule has 0 amide bonds. The number of nitrogens with two attached hydrogens (primary N) is 2. The molecule has 4 N–H and O–H groups in total. The van der Waals surface area contributed by atoms with Gasteiger partial charge in [-0.3, -0.25) is 0 Å². The van der Waals surface area contributed by atoms with E-state index in [0.29, 0.717) is 28.3 Å². The molecule has 1 heterocycles. The van der Waals surface area contributed by atoms with Crippen LogP contribution >= 0.6 is 0 Å². The Hall–Kier alpha value is -2.89. The molecular weight excluding hydrogens is 259 g/mol. The third kappa shape index (κ3) is 2.31. The van der Waals surface area contributed by atoms with Crippen molar-refractivity contribution < 1.29 is 8.91 Å². The maximum atomic E-state index is 13.2. The molecule has 0 spiro atoms. The summed E-state index contributed by atoms with van der Waals surface area (Å²) in [6.45, 7) is 0. The van der Waals surface area contributed by atoms with Gasteiger partial charge in [0.15, 0.2) is 0 Å². The number of nitrogens with zero attached hydrogens (tertiary/aromatic N) is 2. The Kier molecular flexibility index (Phi) is 2.83. The van der Waals surface area contributed by atoms with Crippen molar-refractivity contribution in [3.63, 3.8) is 0 Å². The first kappa shape index (κ1) is 12.2. The molecule has 2 aromatic carbocycles. The summed E-state index contributed by atoms with van der Waals surface area (Å²) in [5.74, 6) is 0.228. The van der Waals surface area contributed by atoms with E-state index in [2.05, 4.69) is 10.1 Å². The first-order valence-corrected chi connectivity index (χ1v) is 5.88. The molecule has 0 aliphatic rings. The fraction of sp³-hybridized carbons (Fsp3) is 0. The molecule has 0 atom stereocenters. The molecule has 0 bridgehead atoms. The fourth-order valence-electron chi connectivity index (χ4n) is 1.89. The maximum Gasteiger partial charge on any atom is 0.258 e. The minimum atomic E-state index is -0.359. The zero-order chi connectivity index (χ0) is 14.1. The zero-order valence-corrected chi connectivity index (χ0v) is 10.4. The lowest BCUT2D eigenvalue weighted by molar-refractivity contribution is 0.432. The van der Waals surface area contributed by atoms with Gasteiger partial charge < -0.3 is 16.0 Å². The molecule has 100 valence electrons. The summed E-state index contributed by atoms with van der Waals surface area (Å²) in [6, 6.07) is 11.0. The van der Waals surface area contributed by atoms with Gasteiger partial charge in [0, 0.05) is 22.5 Å². The highest BCUT2D eigenvalue weighted by Crippen LogP contribution is 2.26. The van der Waals surface area contributed by atoms with Crippen molar-refractivity contribution in [2.24, 2.45) is 0 Å². The van der Waals surface area contributed by atoms with Crippen LogP contribution in [0.5, 0.6) is 0 Å². The molecule has 0 aliphatic heterocycles. The van der Waals surface area contributed by atoms with Crippen LogP contribution in [0.25, 0.3) is 22.8 Å². The lowest BCUT2D eigenvalue weighted by Crippen LogP contribution is -1.91. The van der Waals surface area contributed by atoms with Gasteiger partial charge in [0.05, 0.1) is 0 Å². The van der Waals surface area contributed by atoms with Crippen molar-refractivity contribution in [2.75, 3.05) is 11.5 Å². The van der Waals surface area contributed by atoms with Gasteiger partial charge in [-0.2, -0.15) is 4.98 Å². The summed E-state index contributed by atoms with van der Waals surface area (Å²) >= 11 is 0. The average molecular weight is 270 g/mol. The van der Waals surface area contributed by atoms with Crippen LogP contribution in [0.1, 0.15) is 0 Å². The lowest BCUT2D eigenvalue weighted by Gasteiger charge is -1.99. The number of anilines is 2. The molecule has 6 heteroatoms. The summed E-state index contributed by atoms with van der Waals surface area (Å²) < 4.78 is 18.3. The number of benzene rings is 2. The van der Waals surface area contributed by atoms with Crippen molar-refractivity contribution in [1.82, 2.24) is 10.1 Å². The van der Waals surface area contributed by atoms with E-state index in [1.807, 2.05) is 0 Å². The van der Waals surface area contributed by atoms with Crippen LogP contribution in [0.2, 0.25) is 0 Å². The highest BCUT2D eigenvalue weighted by molar-refractivity contribution is 5.68. The number of nitrogen functional groups attached to an aromatic ring is 2. The molecule has 0 saturated carbocycles. The van der Waals surface area contributed by atoms with Gasteiger partial charge >= 0.3 is 0 Å². The van der Waals surface area contributed by atoms with E-state index in [9.17, 15) is 4.39 Å². The normalized spacial score (nSPS) is 10.7. The minimum Gasteiger partial charge on any atom is -0.399 e. The van der Waals surface area contributed by atoms with Crippen molar-refractivity contribution in [2.45, 2.75) is 0 Å². The van der Waals surface area contributed by atoms with Gasteiger partial charge in [-0.05, 0) is 30.3 Å². The molecule has 20 heavy (non-hydrogen) atoms. The van der Waals surface area contributed by atoms with Crippen molar-refractivity contribution >= 4 is 11.4 Å². The van der Waals surface area contributed by atoms with Crippen molar-refractivity contribution in [1.29, 1.82) is 0 Å². The van der Waals surface area contributed by atoms with Crippen LogP contribution in [-0.4, -0.2) is 10.1 Å². The number of aromatic nitrogens is 2. The van der Waals surface area contributed by atoms with Crippen LogP contribution in [0.15, 0.2) is 47.0 Å². The standard InChI is InChI=1S/C14H11FN4O/c15-10-3-1-2-8(4-10)13-18-14(20-19-13)9-5-11(16)7-12(17)6-9/h1-7H,16-17H2. The average Bonchev–Trinajstić information content (AvgIpc) is 2.87. The molecule has 0 aliphatic carbocycles. The molecule has 0 unspecified atom stereocenters. The Morgan fingerprint density at radius 2 is 1.70 bits per heavy atom. The molecular formula is C14H11FN4O. The van der Waals surface area contributed by atoms with Gasteiger partial charge in [0.25, 0.3) is 5.89 Å². The number of halogens is 1. The van der Waals surface area contributed by atoms with Gasteiger partial charge in [-0.1, -0.05) is 17.3 Å². The van der Waals surface area contributed by atoms with E-state index < -0.39 is 0 Å². The molecule has 0 fully saturated rings. The minimum absolute atomic E-state index is 0.281. The summed E-state index contributed by atoms with van der Waals surface area (Å²) in [7, 11) is 0. The predicted octanol–water partition coefficient (Wildman–Crippen LogP) is 2.71. The highest BCUT2D eigenvalue weighted by Gasteiger charge is 2.12. The Balaban J connectivity index is 2.02. The van der Waals surface area contributed by atoms with E-state index in [1.165, 1.54) is 12.1 Å². The maximum absolute atomic E-state index is 13.2. The van der Waals surface area contributed by atoms with Crippen LogP contribution in [0.4, 0.5) is 15.8 Å². The monoisotopic (exact) mass is 270 g/mol. The van der Waals surface area contributed by atoms with Gasteiger partial charge in [0.1, 0.15) is 5.82 Å². The SMILES string of the molecule is Nc1cc(N)cc(-c2nc(-c3cccc(F)c3)no2)c1. The first-order valence-electron chi connectivity index (χ1n) is 5.88. The van der Waals surface area contributed by atoms with Crippen molar-refractivity contribution in [3.05, 3.63) is 48.3 Å². The number of rotatable bonds is 2. The smallest absolute Gasteiger partial charge is 0.258 e. The lowest BCUT2D eigenvalue weighted by atomic mass is 10.1. The second-order valence-electron chi connectivity index (χ2n) is 4.32. The predicted molar refractivity (Wildman–Crippen MR) is 74.0 cm³/mol. The van der Waals surface area contributed by atoms with E-state index in [4.69, 9.17) is 16.0 Å². The highest BCUT2D eigenvalue weighted by atomic mass is 19.1. The molecule has 3 aromatic rings. The topological polar surface area (TPSA) is 91.0 Å². The summed E-state index contributed by atoms with van der Waals surface area (Å²) in [4.78, 5) is 4.22. The second-order valence-corrected chi connectivity index (χ2v) is 4.32. The second kappa shape index (κ2) is 4.65. The summed E-state index contributed by atoms with van der Waals surface area (Å²) in [5.41, 5.74) is 13.6. The Labute approximate surface area is 114 Å². The Morgan fingerprint density at radius 1 is 0.950 bits per heavy atom. The van der Waals surface area contributed by atoms with E-state index >= 15 is 0 Å². The Morgan fingerprint density at radius 3 is 2.40 bits per heavy atom. The molecule has 0 saturated heterocycles. The van der Waals surface area contributed by atoms with Crippen LogP contribution in [0, 0.1) is 5.82 Å². The molecule has 3 rings (SSSR count). The Bertz CT molecular complexity index is 749. The van der Waals surface area contributed by atoms with Crippen LogP contribution in [0.3, 0.4) is 0 Å². The van der Waals surface area contributed by atoms with Crippen LogP contribution < -0.4 is 11.5 Å². The van der Waals surface area contributed by atoms with E-state index in [-0.39, 0.29) is 11.7 Å². The van der Waals surface area contributed by atoms with Crippen LogP contribution in [-0.2, 0) is 0 Å². The summed E-state index contributed by atoms with van der Waals surface area (Å²) in [5, 5.41) is 3.83.